The number of ketones is 1. The minimum atomic E-state index is -2.00. The number of nitrogens with two attached hydrogens (primary N) is 2. The van der Waals surface area contributed by atoms with Crippen LogP contribution in [0.25, 0.3) is 0 Å². The zero-order valence-electron chi connectivity index (χ0n) is 16.8. The van der Waals surface area contributed by atoms with Gasteiger partial charge in [-0.25, -0.2) is 4.79 Å². The summed E-state index contributed by atoms with van der Waals surface area (Å²) in [6.45, 7) is 3.16. The predicted molar refractivity (Wildman–Crippen MR) is 106 cm³/mol. The average molecular weight is 402 g/mol. The molecule has 0 saturated carbocycles. The number of aromatic nitrogens is 2. The standard InChI is InChI=1S/C20H26N4O5/c1-12-16(17(26)20(22,11-21)18(27)28-3)13(2)24-19(23-12)29-9-5-7-14-6-4-8-15(25)10-14/h4,6,8,10,25H,5,7,9,11,21-22H2,1-3H3/t20-/m0/s1. The number of esters is 1. The van der Waals surface area contributed by atoms with E-state index in [0.29, 0.717) is 30.8 Å². The molecular weight excluding hydrogens is 376 g/mol. The molecule has 5 N–H and O–H groups in total. The normalized spacial score (nSPS) is 12.9. The topological polar surface area (TPSA) is 151 Å². The number of rotatable bonds is 9. The van der Waals surface area contributed by atoms with E-state index in [9.17, 15) is 14.7 Å². The fraction of sp³-hybridized carbons (Fsp3) is 0.400. The lowest BCUT2D eigenvalue weighted by atomic mass is 9.89. The maximum atomic E-state index is 12.8. The molecule has 156 valence electrons. The van der Waals surface area contributed by atoms with Gasteiger partial charge in [-0.15, -0.1) is 0 Å². The molecular formula is C20H26N4O5. The van der Waals surface area contributed by atoms with Crippen LogP contribution in [0.3, 0.4) is 0 Å². The number of methoxy groups -OCH3 is 1. The number of ether oxygens (including phenoxy) is 2. The first kappa shape index (κ1) is 22.3. The molecule has 1 aromatic heterocycles. The second kappa shape index (κ2) is 9.44. The maximum absolute atomic E-state index is 12.8. The second-order valence-electron chi connectivity index (χ2n) is 6.67. The SMILES string of the molecule is COC(=O)[C@](N)(CN)C(=O)c1c(C)nc(OCCCc2cccc(O)c2)nc1C. The molecule has 9 nitrogen and oxygen atoms in total. The zero-order chi connectivity index (χ0) is 21.6. The van der Waals surface area contributed by atoms with Crippen LogP contribution >= 0.6 is 0 Å². The van der Waals surface area contributed by atoms with Gasteiger partial charge in [-0.05, 0) is 44.4 Å². The minimum absolute atomic E-state index is 0.121. The third-order valence-corrected chi connectivity index (χ3v) is 4.51. The van der Waals surface area contributed by atoms with E-state index >= 15 is 0 Å². The first-order valence-corrected chi connectivity index (χ1v) is 9.11. The molecule has 0 aliphatic carbocycles. The van der Waals surface area contributed by atoms with Crippen molar-refractivity contribution in [2.45, 2.75) is 32.2 Å². The molecule has 1 aromatic carbocycles. The summed E-state index contributed by atoms with van der Waals surface area (Å²) in [5, 5.41) is 9.48. The molecule has 2 rings (SSSR count). The predicted octanol–water partition coefficient (Wildman–Crippen LogP) is 0.823. The van der Waals surface area contributed by atoms with Gasteiger partial charge >= 0.3 is 12.0 Å². The fourth-order valence-electron chi connectivity index (χ4n) is 2.90. The van der Waals surface area contributed by atoms with Crippen LogP contribution in [0.2, 0.25) is 0 Å². The van der Waals surface area contributed by atoms with E-state index in [1.165, 1.54) is 0 Å². The van der Waals surface area contributed by atoms with Crippen molar-refractivity contribution in [1.82, 2.24) is 9.97 Å². The first-order chi connectivity index (χ1) is 13.7. The Kier molecular flexibility index (Phi) is 7.24. The smallest absolute Gasteiger partial charge is 0.335 e. The number of phenolic OH excluding ortho intramolecular Hbond substituents is 1. The van der Waals surface area contributed by atoms with E-state index in [1.54, 1.807) is 32.0 Å². The van der Waals surface area contributed by atoms with Crippen molar-refractivity contribution in [2.24, 2.45) is 11.5 Å². The highest BCUT2D eigenvalue weighted by atomic mass is 16.5. The molecule has 0 aliphatic rings. The fourth-order valence-corrected chi connectivity index (χ4v) is 2.90. The minimum Gasteiger partial charge on any atom is -0.508 e. The van der Waals surface area contributed by atoms with Gasteiger partial charge < -0.3 is 26.0 Å². The van der Waals surface area contributed by atoms with Crippen LogP contribution in [0.15, 0.2) is 24.3 Å². The van der Waals surface area contributed by atoms with Gasteiger partial charge in [0.15, 0.2) is 11.3 Å². The van der Waals surface area contributed by atoms with Crippen LogP contribution in [0.1, 0.15) is 33.7 Å². The van der Waals surface area contributed by atoms with Crippen molar-refractivity contribution in [2.75, 3.05) is 20.3 Å². The lowest BCUT2D eigenvalue weighted by molar-refractivity contribution is -0.144. The lowest BCUT2D eigenvalue weighted by Gasteiger charge is -2.24. The van der Waals surface area contributed by atoms with E-state index in [1.807, 2.05) is 6.07 Å². The molecule has 0 aliphatic heterocycles. The molecule has 0 fully saturated rings. The number of hydrogen-bond acceptors (Lipinski definition) is 9. The van der Waals surface area contributed by atoms with Crippen molar-refractivity contribution in [3.63, 3.8) is 0 Å². The summed E-state index contributed by atoms with van der Waals surface area (Å²) in [7, 11) is 1.14. The molecule has 2 aromatic rings. The van der Waals surface area contributed by atoms with Gasteiger partial charge in [-0.2, -0.15) is 9.97 Å². The number of hydrogen-bond donors (Lipinski definition) is 3. The molecule has 29 heavy (non-hydrogen) atoms. The van der Waals surface area contributed by atoms with E-state index in [4.69, 9.17) is 16.2 Å². The van der Waals surface area contributed by atoms with Crippen LogP contribution in [0.5, 0.6) is 11.8 Å². The molecule has 0 unspecified atom stereocenters. The summed E-state index contributed by atoms with van der Waals surface area (Å²) in [4.78, 5) is 33.2. The van der Waals surface area contributed by atoms with E-state index in [2.05, 4.69) is 14.7 Å². The average Bonchev–Trinajstić information content (AvgIpc) is 2.69. The highest BCUT2D eigenvalue weighted by Crippen LogP contribution is 2.20. The zero-order valence-corrected chi connectivity index (χ0v) is 16.8. The maximum Gasteiger partial charge on any atom is 0.335 e. The van der Waals surface area contributed by atoms with Gasteiger partial charge in [0.25, 0.3) is 0 Å². The van der Waals surface area contributed by atoms with Crippen molar-refractivity contribution in [3.8, 4) is 11.8 Å². The van der Waals surface area contributed by atoms with Gasteiger partial charge in [0.1, 0.15) is 5.75 Å². The monoisotopic (exact) mass is 402 g/mol. The van der Waals surface area contributed by atoms with Crippen molar-refractivity contribution in [1.29, 1.82) is 0 Å². The summed E-state index contributed by atoms with van der Waals surface area (Å²) in [6, 6.07) is 7.14. The number of benzene rings is 1. The Hall–Kier alpha value is -3.04. The largest absolute Gasteiger partial charge is 0.508 e. The summed E-state index contributed by atoms with van der Waals surface area (Å²) in [6.07, 6.45) is 1.40. The molecule has 0 amide bonds. The molecule has 1 atom stereocenters. The van der Waals surface area contributed by atoms with Gasteiger partial charge in [-0.1, -0.05) is 12.1 Å². The van der Waals surface area contributed by atoms with Gasteiger partial charge in [-0.3, -0.25) is 4.79 Å². The van der Waals surface area contributed by atoms with Gasteiger partial charge in [0.05, 0.1) is 30.7 Å². The number of nitrogens with zero attached hydrogens (tertiary/aromatic N) is 2. The molecule has 0 saturated heterocycles. The van der Waals surface area contributed by atoms with Crippen LogP contribution in [-0.2, 0) is 16.0 Å². The quantitative estimate of drug-likeness (QED) is 0.240. The molecule has 0 spiro atoms. The summed E-state index contributed by atoms with van der Waals surface area (Å²) in [5.41, 5.74) is 11.2. The Morgan fingerprint density at radius 2 is 1.86 bits per heavy atom. The number of carbonyl (C=O) groups excluding carboxylic acids is 2. The van der Waals surface area contributed by atoms with Crippen LogP contribution in [0, 0.1) is 13.8 Å². The number of aryl methyl sites for hydroxylation is 3. The van der Waals surface area contributed by atoms with Crippen molar-refractivity contribution >= 4 is 11.8 Å². The number of phenols is 1. The Bertz CT molecular complexity index is 879. The summed E-state index contributed by atoms with van der Waals surface area (Å²) in [5.74, 6) is -1.40. The number of aromatic hydroxyl groups is 1. The van der Waals surface area contributed by atoms with Gasteiger partial charge in [0.2, 0.25) is 0 Å². The highest BCUT2D eigenvalue weighted by molar-refractivity contribution is 6.17. The first-order valence-electron chi connectivity index (χ1n) is 9.11. The molecule has 0 bridgehead atoms. The van der Waals surface area contributed by atoms with E-state index in [0.717, 1.165) is 12.7 Å². The lowest BCUT2D eigenvalue weighted by Crippen LogP contribution is -2.60. The second-order valence-corrected chi connectivity index (χ2v) is 6.67. The van der Waals surface area contributed by atoms with Gasteiger partial charge in [0, 0.05) is 6.54 Å². The summed E-state index contributed by atoms with van der Waals surface area (Å²) >= 11 is 0. The van der Waals surface area contributed by atoms with Crippen LogP contribution < -0.4 is 16.2 Å². The Balaban J connectivity index is 2.08. The third kappa shape index (κ3) is 5.07. The summed E-state index contributed by atoms with van der Waals surface area (Å²) < 4.78 is 10.2. The Labute approximate surface area is 169 Å². The molecule has 0 radical (unpaired) electrons. The number of Topliss-reactive ketones (excluding diaryl/α,β-unsaturated/α-hetero) is 1. The third-order valence-electron chi connectivity index (χ3n) is 4.51. The number of carbonyl (C=O) groups is 2. The highest BCUT2D eigenvalue weighted by Gasteiger charge is 2.44. The van der Waals surface area contributed by atoms with Crippen LogP contribution in [-0.4, -0.2) is 52.6 Å². The molecule has 1 heterocycles. The van der Waals surface area contributed by atoms with Crippen LogP contribution in [0.4, 0.5) is 0 Å². The van der Waals surface area contributed by atoms with E-state index < -0.39 is 23.8 Å². The Morgan fingerprint density at radius 3 is 2.41 bits per heavy atom. The van der Waals surface area contributed by atoms with Crippen molar-refractivity contribution in [3.05, 3.63) is 46.8 Å². The Morgan fingerprint density at radius 1 is 1.21 bits per heavy atom. The van der Waals surface area contributed by atoms with E-state index in [-0.39, 0.29) is 17.3 Å². The van der Waals surface area contributed by atoms with Crippen molar-refractivity contribution < 1.29 is 24.2 Å². The molecule has 9 heteroatoms.